The second-order valence-corrected chi connectivity index (χ2v) is 7.59. The van der Waals surface area contributed by atoms with Gasteiger partial charge in [0.2, 0.25) is 5.91 Å². The molecular weight excluding hydrogens is 346 g/mol. The van der Waals surface area contributed by atoms with Crippen LogP contribution >= 0.6 is 0 Å². The molecule has 0 unspecified atom stereocenters. The van der Waals surface area contributed by atoms with Crippen molar-refractivity contribution in [1.82, 2.24) is 14.7 Å². The number of piperazine rings is 1. The fourth-order valence-corrected chi connectivity index (χ4v) is 4.26. The van der Waals surface area contributed by atoms with Gasteiger partial charge in [0.25, 0.3) is 5.91 Å². The SMILES string of the molecule is Cc1ccccc1C(=O)N1CCC(C(=O)N2CCN3C(=O)OC[C@H]3C2)CC1. The Labute approximate surface area is 158 Å². The van der Waals surface area contributed by atoms with Gasteiger partial charge in [-0.3, -0.25) is 14.5 Å². The van der Waals surface area contributed by atoms with Gasteiger partial charge in [-0.2, -0.15) is 0 Å². The average Bonchev–Trinajstić information content (AvgIpc) is 3.08. The van der Waals surface area contributed by atoms with E-state index in [4.69, 9.17) is 4.74 Å². The normalized spacial score (nSPS) is 23.2. The van der Waals surface area contributed by atoms with E-state index in [1.165, 1.54) is 0 Å². The zero-order valence-corrected chi connectivity index (χ0v) is 15.6. The molecule has 0 aliphatic carbocycles. The number of hydrogen-bond donors (Lipinski definition) is 0. The lowest BCUT2D eigenvalue weighted by Crippen LogP contribution is -2.55. The first-order chi connectivity index (χ1) is 13.0. The maximum absolute atomic E-state index is 12.9. The van der Waals surface area contributed by atoms with Crippen LogP contribution in [-0.2, 0) is 9.53 Å². The van der Waals surface area contributed by atoms with Crippen molar-refractivity contribution in [3.63, 3.8) is 0 Å². The average molecular weight is 371 g/mol. The van der Waals surface area contributed by atoms with Crippen LogP contribution in [0.2, 0.25) is 0 Å². The monoisotopic (exact) mass is 371 g/mol. The van der Waals surface area contributed by atoms with E-state index in [2.05, 4.69) is 0 Å². The summed E-state index contributed by atoms with van der Waals surface area (Å²) in [5, 5.41) is 0. The second kappa shape index (κ2) is 7.21. The number of benzene rings is 1. The lowest BCUT2D eigenvalue weighted by molar-refractivity contribution is -0.139. The minimum absolute atomic E-state index is 0.0158. The number of likely N-dealkylation sites (tertiary alicyclic amines) is 1. The van der Waals surface area contributed by atoms with Crippen LogP contribution in [0, 0.1) is 12.8 Å². The fourth-order valence-electron chi connectivity index (χ4n) is 4.26. The molecule has 3 amide bonds. The molecule has 1 aromatic carbocycles. The van der Waals surface area contributed by atoms with Crippen LogP contribution in [0.5, 0.6) is 0 Å². The number of nitrogens with zero attached hydrogens (tertiary/aromatic N) is 3. The Morgan fingerprint density at radius 2 is 1.78 bits per heavy atom. The number of piperidine rings is 1. The highest BCUT2D eigenvalue weighted by Crippen LogP contribution is 2.25. The van der Waals surface area contributed by atoms with Crippen LogP contribution < -0.4 is 0 Å². The Morgan fingerprint density at radius 3 is 2.52 bits per heavy atom. The smallest absolute Gasteiger partial charge is 0.410 e. The van der Waals surface area contributed by atoms with Gasteiger partial charge in [0, 0.05) is 44.2 Å². The number of ether oxygens (including phenoxy) is 1. The number of rotatable bonds is 2. The summed E-state index contributed by atoms with van der Waals surface area (Å²) in [6.45, 7) is 5.18. The lowest BCUT2D eigenvalue weighted by Gasteiger charge is -2.39. The first kappa shape index (κ1) is 17.8. The Bertz CT molecular complexity index is 757. The molecule has 1 aromatic rings. The van der Waals surface area contributed by atoms with E-state index >= 15 is 0 Å². The standard InChI is InChI=1S/C20H25N3O4/c1-14-4-2-3-5-17(14)19(25)21-8-6-15(7-9-21)18(24)22-10-11-23-16(12-22)13-27-20(23)26/h2-5,15-16H,6-13H2,1H3/t16-/m1/s1. The fraction of sp³-hybridized carbons (Fsp3) is 0.550. The van der Waals surface area contributed by atoms with Gasteiger partial charge < -0.3 is 14.5 Å². The number of cyclic esters (lactones) is 1. The predicted octanol–water partition coefficient (Wildman–Crippen LogP) is 1.51. The van der Waals surface area contributed by atoms with Crippen molar-refractivity contribution in [2.75, 3.05) is 39.3 Å². The number of carbonyl (C=O) groups excluding carboxylic acids is 3. The highest BCUT2D eigenvalue weighted by atomic mass is 16.6. The quantitative estimate of drug-likeness (QED) is 0.790. The molecule has 7 nitrogen and oxygen atoms in total. The Kier molecular flexibility index (Phi) is 4.76. The lowest BCUT2D eigenvalue weighted by atomic mass is 9.94. The molecule has 0 N–H and O–H groups in total. The molecule has 3 aliphatic rings. The third-order valence-corrected chi connectivity index (χ3v) is 5.93. The van der Waals surface area contributed by atoms with Crippen LogP contribution in [0.1, 0.15) is 28.8 Å². The number of amides is 3. The summed E-state index contributed by atoms with van der Waals surface area (Å²) in [7, 11) is 0. The zero-order chi connectivity index (χ0) is 19.0. The summed E-state index contributed by atoms with van der Waals surface area (Å²) < 4.78 is 5.07. The summed E-state index contributed by atoms with van der Waals surface area (Å²) in [6.07, 6.45) is 1.11. The second-order valence-electron chi connectivity index (χ2n) is 7.59. The molecule has 3 heterocycles. The van der Waals surface area contributed by atoms with E-state index in [9.17, 15) is 14.4 Å². The van der Waals surface area contributed by atoms with E-state index in [0.29, 0.717) is 52.2 Å². The topological polar surface area (TPSA) is 70.2 Å². The third-order valence-electron chi connectivity index (χ3n) is 5.93. The molecule has 7 heteroatoms. The van der Waals surface area contributed by atoms with Crippen molar-refractivity contribution in [1.29, 1.82) is 0 Å². The molecule has 144 valence electrons. The van der Waals surface area contributed by atoms with Crippen LogP contribution in [0.3, 0.4) is 0 Å². The molecule has 3 fully saturated rings. The molecule has 0 spiro atoms. The van der Waals surface area contributed by atoms with Gasteiger partial charge in [0.1, 0.15) is 6.61 Å². The summed E-state index contributed by atoms with van der Waals surface area (Å²) in [5.41, 5.74) is 1.72. The number of aryl methyl sites for hydroxylation is 1. The minimum Gasteiger partial charge on any atom is -0.447 e. The van der Waals surface area contributed by atoms with Gasteiger partial charge in [-0.1, -0.05) is 18.2 Å². The summed E-state index contributed by atoms with van der Waals surface area (Å²) in [5.74, 6) is 0.154. The first-order valence-electron chi connectivity index (χ1n) is 9.61. The van der Waals surface area contributed by atoms with Crippen molar-refractivity contribution in [3.05, 3.63) is 35.4 Å². The predicted molar refractivity (Wildman–Crippen MR) is 98.2 cm³/mol. The van der Waals surface area contributed by atoms with Crippen LogP contribution in [0.15, 0.2) is 24.3 Å². The van der Waals surface area contributed by atoms with Crippen molar-refractivity contribution in [2.45, 2.75) is 25.8 Å². The van der Waals surface area contributed by atoms with Crippen molar-refractivity contribution in [3.8, 4) is 0 Å². The molecule has 1 atom stereocenters. The van der Waals surface area contributed by atoms with Crippen molar-refractivity contribution < 1.29 is 19.1 Å². The first-order valence-corrected chi connectivity index (χ1v) is 9.61. The van der Waals surface area contributed by atoms with Crippen LogP contribution in [0.25, 0.3) is 0 Å². The van der Waals surface area contributed by atoms with E-state index < -0.39 is 0 Å². The van der Waals surface area contributed by atoms with E-state index in [0.717, 1.165) is 11.1 Å². The highest BCUT2D eigenvalue weighted by Gasteiger charge is 2.40. The molecule has 0 bridgehead atoms. The Hall–Kier alpha value is -2.57. The number of fused-ring (bicyclic) bond motifs is 1. The molecule has 0 saturated carbocycles. The van der Waals surface area contributed by atoms with Gasteiger partial charge in [0.15, 0.2) is 0 Å². The van der Waals surface area contributed by atoms with Gasteiger partial charge in [-0.15, -0.1) is 0 Å². The highest BCUT2D eigenvalue weighted by molar-refractivity contribution is 5.95. The van der Waals surface area contributed by atoms with E-state index in [1.807, 2.05) is 41.0 Å². The maximum atomic E-state index is 12.9. The number of carbonyl (C=O) groups is 3. The van der Waals surface area contributed by atoms with Crippen LogP contribution in [0.4, 0.5) is 4.79 Å². The molecule has 4 rings (SSSR count). The summed E-state index contributed by atoms with van der Waals surface area (Å²) >= 11 is 0. The van der Waals surface area contributed by atoms with Gasteiger partial charge >= 0.3 is 6.09 Å². The maximum Gasteiger partial charge on any atom is 0.410 e. The van der Waals surface area contributed by atoms with Crippen LogP contribution in [-0.4, -0.2) is 78.0 Å². The van der Waals surface area contributed by atoms with Gasteiger partial charge in [-0.25, -0.2) is 4.79 Å². The number of hydrogen-bond acceptors (Lipinski definition) is 4. The van der Waals surface area contributed by atoms with Crippen molar-refractivity contribution in [2.24, 2.45) is 5.92 Å². The molecule has 3 aliphatic heterocycles. The largest absolute Gasteiger partial charge is 0.447 e. The Balaban J connectivity index is 1.33. The van der Waals surface area contributed by atoms with Crippen molar-refractivity contribution >= 4 is 17.9 Å². The summed E-state index contributed by atoms with van der Waals surface area (Å²) in [4.78, 5) is 42.7. The molecular formula is C20H25N3O4. The summed E-state index contributed by atoms with van der Waals surface area (Å²) in [6, 6.07) is 7.60. The molecule has 0 radical (unpaired) electrons. The molecule has 0 aromatic heterocycles. The Morgan fingerprint density at radius 1 is 1.04 bits per heavy atom. The zero-order valence-electron chi connectivity index (χ0n) is 15.6. The molecule has 27 heavy (non-hydrogen) atoms. The van der Waals surface area contributed by atoms with E-state index in [1.54, 1.807) is 4.90 Å². The van der Waals surface area contributed by atoms with Gasteiger partial charge in [0.05, 0.1) is 6.04 Å². The van der Waals surface area contributed by atoms with Gasteiger partial charge in [-0.05, 0) is 31.4 Å². The molecule has 3 saturated heterocycles. The van der Waals surface area contributed by atoms with E-state index in [-0.39, 0.29) is 29.9 Å². The minimum atomic E-state index is -0.268. The third kappa shape index (κ3) is 3.38.